The molecule has 0 saturated heterocycles. The lowest BCUT2D eigenvalue weighted by Crippen LogP contribution is -2.28. The van der Waals surface area contributed by atoms with Crippen LogP contribution in [0.3, 0.4) is 0 Å². The first-order valence-corrected chi connectivity index (χ1v) is 7.72. The van der Waals surface area contributed by atoms with Gasteiger partial charge in [-0.05, 0) is 24.5 Å². The van der Waals surface area contributed by atoms with Crippen LogP contribution in [0.1, 0.15) is 31.1 Å². The maximum absolute atomic E-state index is 6.45. The Labute approximate surface area is 125 Å². The molecule has 4 heteroatoms. The van der Waals surface area contributed by atoms with E-state index >= 15 is 0 Å². The lowest BCUT2D eigenvalue weighted by atomic mass is 9.97. The Morgan fingerprint density at radius 2 is 1.80 bits per heavy atom. The number of aromatic nitrogens is 2. The molecule has 2 N–H and O–H groups in total. The van der Waals surface area contributed by atoms with Gasteiger partial charge in [-0.3, -0.25) is 0 Å². The Bertz CT molecular complexity index is 542. The smallest absolute Gasteiger partial charge is 0.188 e. The van der Waals surface area contributed by atoms with Gasteiger partial charge < -0.3 is 5.73 Å². The molecule has 0 radical (unpaired) electrons. The monoisotopic (exact) mass is 287 g/mol. The van der Waals surface area contributed by atoms with E-state index in [2.05, 4.69) is 35.9 Å². The molecule has 0 amide bonds. The number of thioether (sulfide) groups is 1. The number of nitrogens with zero attached hydrogens (tertiary/aromatic N) is 2. The third kappa shape index (κ3) is 3.81. The fourth-order valence-electron chi connectivity index (χ4n) is 2.09. The van der Waals surface area contributed by atoms with Crippen LogP contribution in [-0.4, -0.2) is 15.2 Å². The highest BCUT2D eigenvalue weighted by molar-refractivity contribution is 7.99. The van der Waals surface area contributed by atoms with Crippen molar-refractivity contribution in [3.63, 3.8) is 0 Å². The zero-order valence-corrected chi connectivity index (χ0v) is 13.0. The third-order valence-electron chi connectivity index (χ3n) is 3.21. The minimum atomic E-state index is -0.0229. The van der Waals surface area contributed by atoms with E-state index in [1.807, 2.05) is 31.2 Å². The van der Waals surface area contributed by atoms with Crippen LogP contribution in [0.15, 0.2) is 47.8 Å². The molecule has 2 aromatic rings. The first-order chi connectivity index (χ1) is 9.58. The van der Waals surface area contributed by atoms with Gasteiger partial charge in [0.25, 0.3) is 0 Å². The van der Waals surface area contributed by atoms with Crippen molar-refractivity contribution >= 4 is 11.8 Å². The van der Waals surface area contributed by atoms with E-state index in [-0.39, 0.29) is 11.3 Å². The van der Waals surface area contributed by atoms with E-state index in [1.54, 1.807) is 18.0 Å². The molecule has 106 valence electrons. The van der Waals surface area contributed by atoms with Gasteiger partial charge in [0.2, 0.25) is 0 Å². The van der Waals surface area contributed by atoms with Gasteiger partial charge in [0.05, 0.1) is 0 Å². The fraction of sp³-hybridized carbons (Fsp3) is 0.375. The zero-order chi connectivity index (χ0) is 14.5. The van der Waals surface area contributed by atoms with Crippen molar-refractivity contribution < 1.29 is 0 Å². The molecular weight excluding hydrogens is 266 g/mol. The fourth-order valence-corrected chi connectivity index (χ4v) is 3.23. The summed E-state index contributed by atoms with van der Waals surface area (Å²) in [6, 6.07) is 12.1. The van der Waals surface area contributed by atoms with E-state index in [0.717, 1.165) is 16.4 Å². The molecule has 0 bridgehead atoms. The SMILES string of the molecule is Cc1ccnc(SC(C(C)C)C(N)c2ccccc2)n1. The summed E-state index contributed by atoms with van der Waals surface area (Å²) in [4.78, 5) is 8.80. The van der Waals surface area contributed by atoms with Gasteiger partial charge in [0, 0.05) is 23.2 Å². The highest BCUT2D eigenvalue weighted by atomic mass is 32.2. The molecule has 0 saturated carbocycles. The Kier molecular flexibility index (Phi) is 5.15. The van der Waals surface area contributed by atoms with Crippen LogP contribution < -0.4 is 5.73 Å². The molecule has 0 fully saturated rings. The van der Waals surface area contributed by atoms with E-state index in [4.69, 9.17) is 5.73 Å². The van der Waals surface area contributed by atoms with Crippen LogP contribution >= 0.6 is 11.8 Å². The van der Waals surface area contributed by atoms with Crippen LogP contribution in [0.4, 0.5) is 0 Å². The molecule has 1 aromatic carbocycles. The molecule has 2 atom stereocenters. The predicted octanol–water partition coefficient (Wildman–Crippen LogP) is 3.60. The minimum absolute atomic E-state index is 0.0229. The summed E-state index contributed by atoms with van der Waals surface area (Å²) in [5, 5.41) is 1.05. The van der Waals surface area contributed by atoms with Crippen LogP contribution in [0, 0.1) is 12.8 Å². The number of hydrogen-bond donors (Lipinski definition) is 1. The standard InChI is InChI=1S/C16H21N3S/c1-11(2)15(14(17)13-7-5-4-6-8-13)20-16-18-10-9-12(3)19-16/h4-11,14-15H,17H2,1-3H3. The van der Waals surface area contributed by atoms with Gasteiger partial charge in [-0.15, -0.1) is 0 Å². The summed E-state index contributed by atoms with van der Waals surface area (Å²) in [6.45, 7) is 6.36. The second kappa shape index (κ2) is 6.86. The number of benzene rings is 1. The van der Waals surface area contributed by atoms with Crippen molar-refractivity contribution in [1.82, 2.24) is 9.97 Å². The minimum Gasteiger partial charge on any atom is -0.323 e. The number of rotatable bonds is 5. The summed E-state index contributed by atoms with van der Waals surface area (Å²) in [5.74, 6) is 0.444. The Morgan fingerprint density at radius 3 is 2.40 bits per heavy atom. The number of hydrogen-bond acceptors (Lipinski definition) is 4. The molecule has 1 aromatic heterocycles. The maximum Gasteiger partial charge on any atom is 0.188 e. The van der Waals surface area contributed by atoms with E-state index < -0.39 is 0 Å². The summed E-state index contributed by atoms with van der Waals surface area (Å²) in [7, 11) is 0. The Balaban J connectivity index is 2.19. The molecule has 3 nitrogen and oxygen atoms in total. The molecule has 2 unspecified atom stereocenters. The largest absolute Gasteiger partial charge is 0.323 e. The van der Waals surface area contributed by atoms with Gasteiger partial charge in [-0.25, -0.2) is 9.97 Å². The summed E-state index contributed by atoms with van der Waals surface area (Å²) in [6.07, 6.45) is 1.80. The van der Waals surface area contributed by atoms with Crippen LogP contribution in [-0.2, 0) is 0 Å². The van der Waals surface area contributed by atoms with Crippen molar-refractivity contribution in [2.45, 2.75) is 37.2 Å². The van der Waals surface area contributed by atoms with Gasteiger partial charge in [0.15, 0.2) is 5.16 Å². The zero-order valence-electron chi connectivity index (χ0n) is 12.2. The van der Waals surface area contributed by atoms with Crippen molar-refractivity contribution in [3.05, 3.63) is 53.9 Å². The highest BCUT2D eigenvalue weighted by Gasteiger charge is 2.25. The third-order valence-corrected chi connectivity index (χ3v) is 4.73. The van der Waals surface area contributed by atoms with Crippen LogP contribution in [0.5, 0.6) is 0 Å². The van der Waals surface area contributed by atoms with Gasteiger partial charge in [-0.2, -0.15) is 0 Å². The second-order valence-corrected chi connectivity index (χ2v) is 6.39. The lowest BCUT2D eigenvalue weighted by Gasteiger charge is -2.26. The van der Waals surface area contributed by atoms with Crippen molar-refractivity contribution in [3.8, 4) is 0 Å². The Hall–Kier alpha value is -1.39. The maximum atomic E-state index is 6.45. The topological polar surface area (TPSA) is 51.8 Å². The molecule has 0 aliphatic heterocycles. The average Bonchev–Trinajstić information content (AvgIpc) is 2.45. The molecule has 2 rings (SSSR count). The van der Waals surface area contributed by atoms with Crippen molar-refractivity contribution in [2.75, 3.05) is 0 Å². The summed E-state index contributed by atoms with van der Waals surface area (Å²) < 4.78 is 0. The van der Waals surface area contributed by atoms with Crippen molar-refractivity contribution in [1.29, 1.82) is 0 Å². The average molecular weight is 287 g/mol. The molecule has 0 aliphatic carbocycles. The quantitative estimate of drug-likeness (QED) is 0.674. The molecule has 20 heavy (non-hydrogen) atoms. The molecule has 0 aliphatic rings. The molecule has 0 spiro atoms. The predicted molar refractivity (Wildman–Crippen MR) is 84.6 cm³/mol. The van der Waals surface area contributed by atoms with Gasteiger partial charge in [-0.1, -0.05) is 55.9 Å². The van der Waals surface area contributed by atoms with Gasteiger partial charge >= 0.3 is 0 Å². The van der Waals surface area contributed by atoms with E-state index in [9.17, 15) is 0 Å². The lowest BCUT2D eigenvalue weighted by molar-refractivity contribution is 0.526. The first kappa shape index (κ1) is 15.0. The van der Waals surface area contributed by atoms with Crippen LogP contribution in [0.25, 0.3) is 0 Å². The molecule has 1 heterocycles. The van der Waals surface area contributed by atoms with Gasteiger partial charge in [0.1, 0.15) is 0 Å². The second-order valence-electron chi connectivity index (χ2n) is 5.24. The first-order valence-electron chi connectivity index (χ1n) is 6.84. The van der Waals surface area contributed by atoms with E-state index in [1.165, 1.54) is 0 Å². The van der Waals surface area contributed by atoms with Crippen LogP contribution in [0.2, 0.25) is 0 Å². The number of nitrogens with two attached hydrogens (primary N) is 1. The molecular formula is C16H21N3S. The Morgan fingerprint density at radius 1 is 1.10 bits per heavy atom. The number of aryl methyl sites for hydroxylation is 1. The normalized spacial score (nSPS) is 14.2. The van der Waals surface area contributed by atoms with E-state index in [0.29, 0.717) is 5.92 Å². The summed E-state index contributed by atoms with van der Waals surface area (Å²) >= 11 is 1.67. The highest BCUT2D eigenvalue weighted by Crippen LogP contribution is 2.33. The van der Waals surface area contributed by atoms with Crippen molar-refractivity contribution in [2.24, 2.45) is 11.7 Å². The summed E-state index contributed by atoms with van der Waals surface area (Å²) in [5.41, 5.74) is 8.59.